The molecule has 0 saturated carbocycles. The molecule has 4 aromatic carbocycles. The predicted octanol–water partition coefficient (Wildman–Crippen LogP) is 7.40. The summed E-state index contributed by atoms with van der Waals surface area (Å²) in [6.07, 6.45) is 1.64. The maximum absolute atomic E-state index is 13.2. The van der Waals surface area contributed by atoms with Gasteiger partial charge in [0.2, 0.25) is 5.91 Å². The maximum atomic E-state index is 13.2. The number of thioether (sulfide) groups is 1. The van der Waals surface area contributed by atoms with Crippen molar-refractivity contribution in [3.05, 3.63) is 111 Å². The molecule has 6 nitrogen and oxygen atoms in total. The van der Waals surface area contributed by atoms with Crippen LogP contribution in [0.5, 0.6) is 5.75 Å². The molecule has 0 atom stereocenters. The molecular weight excluding hydrogens is 543 g/mol. The van der Waals surface area contributed by atoms with Gasteiger partial charge in [-0.2, -0.15) is 0 Å². The number of hydrogen-bond acceptors (Lipinski definition) is 5. The number of hydrogen-bond donors (Lipinski definition) is 1. The third-order valence-corrected chi connectivity index (χ3v) is 7.48. The van der Waals surface area contributed by atoms with E-state index in [1.165, 1.54) is 0 Å². The van der Waals surface area contributed by atoms with E-state index in [0.29, 0.717) is 27.0 Å². The van der Waals surface area contributed by atoms with E-state index in [-0.39, 0.29) is 11.5 Å². The fourth-order valence-corrected chi connectivity index (χ4v) is 5.18. The van der Waals surface area contributed by atoms with Gasteiger partial charge in [-0.25, -0.2) is 0 Å². The van der Waals surface area contributed by atoms with Gasteiger partial charge in [-0.3, -0.25) is 19.3 Å². The molecule has 0 bridgehead atoms. The molecule has 0 radical (unpaired) electrons. The van der Waals surface area contributed by atoms with Crippen LogP contribution in [0.4, 0.5) is 10.5 Å². The van der Waals surface area contributed by atoms with Crippen LogP contribution < -0.4 is 10.1 Å². The van der Waals surface area contributed by atoms with Gasteiger partial charge in [0.25, 0.3) is 11.1 Å². The van der Waals surface area contributed by atoms with Gasteiger partial charge < -0.3 is 10.1 Å². The first-order valence-electron chi connectivity index (χ1n) is 11.6. The maximum Gasteiger partial charge on any atom is 0.294 e. The number of benzene rings is 4. The second-order valence-electron chi connectivity index (χ2n) is 8.37. The molecule has 0 aromatic heterocycles. The SMILES string of the molecule is O=C(CN1C(=O)S/C(=C/c2c(OCc3ccccc3Cl)ccc3ccccc23)C1=O)Nc1ccccc1Cl. The zero-order valence-corrected chi connectivity index (χ0v) is 22.1. The summed E-state index contributed by atoms with van der Waals surface area (Å²) in [5.74, 6) is -0.554. The molecule has 190 valence electrons. The highest BCUT2D eigenvalue weighted by molar-refractivity contribution is 8.18. The van der Waals surface area contributed by atoms with E-state index >= 15 is 0 Å². The first kappa shape index (κ1) is 25.9. The number of para-hydroxylation sites is 1. The number of carbonyl (C=O) groups is 3. The lowest BCUT2D eigenvalue weighted by molar-refractivity contribution is -0.127. The Morgan fingerprint density at radius 3 is 2.39 bits per heavy atom. The molecule has 5 rings (SSSR count). The number of halogens is 2. The Hall–Kier alpha value is -3.78. The molecule has 1 N–H and O–H groups in total. The van der Waals surface area contributed by atoms with Crippen molar-refractivity contribution in [3.8, 4) is 5.75 Å². The lowest BCUT2D eigenvalue weighted by Gasteiger charge is -2.14. The number of anilines is 1. The monoisotopic (exact) mass is 562 g/mol. The topological polar surface area (TPSA) is 75.7 Å². The van der Waals surface area contributed by atoms with Crippen LogP contribution in [-0.4, -0.2) is 28.5 Å². The van der Waals surface area contributed by atoms with Crippen LogP contribution in [0.25, 0.3) is 16.8 Å². The molecule has 38 heavy (non-hydrogen) atoms. The first-order valence-corrected chi connectivity index (χ1v) is 13.2. The summed E-state index contributed by atoms with van der Waals surface area (Å²) in [4.78, 5) is 39.6. The highest BCUT2D eigenvalue weighted by Gasteiger charge is 2.36. The van der Waals surface area contributed by atoms with E-state index in [1.807, 2.05) is 54.6 Å². The van der Waals surface area contributed by atoms with Crippen LogP contribution in [0.1, 0.15) is 11.1 Å². The summed E-state index contributed by atoms with van der Waals surface area (Å²) in [6.45, 7) is -0.207. The summed E-state index contributed by atoms with van der Waals surface area (Å²) in [7, 11) is 0. The minimum absolute atomic E-state index is 0.194. The molecule has 0 aliphatic carbocycles. The summed E-state index contributed by atoms with van der Waals surface area (Å²) >= 11 is 13.2. The van der Waals surface area contributed by atoms with Crippen LogP contribution in [-0.2, 0) is 16.2 Å². The first-order chi connectivity index (χ1) is 18.4. The van der Waals surface area contributed by atoms with Gasteiger partial charge in [0.05, 0.1) is 15.6 Å². The third kappa shape index (κ3) is 5.55. The number of amides is 3. The van der Waals surface area contributed by atoms with Gasteiger partial charge in [-0.1, -0.05) is 83.9 Å². The van der Waals surface area contributed by atoms with Crippen LogP contribution in [0, 0.1) is 0 Å². The molecular formula is C29H20Cl2N2O4S. The van der Waals surface area contributed by atoms with Gasteiger partial charge in [-0.15, -0.1) is 0 Å². The van der Waals surface area contributed by atoms with Crippen LogP contribution >= 0.6 is 35.0 Å². The number of nitrogens with one attached hydrogen (secondary N) is 1. The lowest BCUT2D eigenvalue weighted by Crippen LogP contribution is -2.36. The zero-order chi connectivity index (χ0) is 26.6. The van der Waals surface area contributed by atoms with E-state index in [9.17, 15) is 14.4 Å². The molecule has 1 aliphatic heterocycles. The standard InChI is InChI=1S/C29H20Cl2N2O4S/c30-22-10-4-2-8-19(22)17-37-25-14-13-18-7-1-3-9-20(18)21(25)15-26-28(35)33(29(36)38-26)16-27(34)32-24-12-6-5-11-23(24)31/h1-15H,16-17H2,(H,32,34)/b26-15+. The van der Waals surface area contributed by atoms with Gasteiger partial charge in [0.15, 0.2) is 0 Å². The molecule has 3 amide bonds. The van der Waals surface area contributed by atoms with E-state index in [0.717, 1.165) is 33.0 Å². The Labute approximate surface area is 233 Å². The number of rotatable bonds is 7. The van der Waals surface area contributed by atoms with Crippen molar-refractivity contribution in [3.63, 3.8) is 0 Å². The molecule has 1 heterocycles. The Morgan fingerprint density at radius 1 is 0.895 bits per heavy atom. The average Bonchev–Trinajstić information content (AvgIpc) is 3.17. The second-order valence-corrected chi connectivity index (χ2v) is 10.2. The van der Waals surface area contributed by atoms with Gasteiger partial charge >= 0.3 is 0 Å². The summed E-state index contributed by atoms with van der Waals surface area (Å²) in [6, 6.07) is 25.6. The Balaban J connectivity index is 1.41. The van der Waals surface area contributed by atoms with E-state index < -0.39 is 23.6 Å². The number of ether oxygens (including phenoxy) is 1. The second kappa shape index (κ2) is 11.3. The molecule has 0 spiro atoms. The van der Waals surface area contributed by atoms with Crippen molar-refractivity contribution in [2.75, 3.05) is 11.9 Å². The third-order valence-electron chi connectivity index (χ3n) is 5.87. The van der Waals surface area contributed by atoms with Gasteiger partial charge in [0, 0.05) is 16.1 Å². The molecule has 1 fully saturated rings. The van der Waals surface area contributed by atoms with Gasteiger partial charge in [0.1, 0.15) is 18.9 Å². The number of carbonyl (C=O) groups excluding carboxylic acids is 3. The smallest absolute Gasteiger partial charge is 0.294 e. The molecule has 9 heteroatoms. The van der Waals surface area contributed by atoms with E-state index in [1.54, 1.807) is 36.4 Å². The van der Waals surface area contributed by atoms with Gasteiger partial charge in [-0.05, 0) is 52.9 Å². The van der Waals surface area contributed by atoms with Crippen LogP contribution in [0.3, 0.4) is 0 Å². The summed E-state index contributed by atoms with van der Waals surface area (Å²) in [5.41, 5.74) is 1.87. The Bertz CT molecular complexity index is 1600. The Morgan fingerprint density at radius 2 is 1.61 bits per heavy atom. The average molecular weight is 563 g/mol. The minimum atomic E-state index is -0.556. The van der Waals surface area contributed by atoms with Crippen molar-refractivity contribution in [1.29, 1.82) is 0 Å². The van der Waals surface area contributed by atoms with Crippen molar-refractivity contribution in [2.45, 2.75) is 6.61 Å². The minimum Gasteiger partial charge on any atom is -0.488 e. The summed E-state index contributed by atoms with van der Waals surface area (Å²) in [5, 5.41) is 4.85. The molecule has 1 aliphatic rings. The van der Waals surface area contributed by atoms with Crippen molar-refractivity contribution >= 4 is 74.6 Å². The van der Waals surface area contributed by atoms with E-state index in [2.05, 4.69) is 5.32 Å². The quantitative estimate of drug-likeness (QED) is 0.237. The van der Waals surface area contributed by atoms with Crippen molar-refractivity contribution < 1.29 is 19.1 Å². The lowest BCUT2D eigenvalue weighted by atomic mass is 10.0. The van der Waals surface area contributed by atoms with Crippen LogP contribution in [0.2, 0.25) is 10.0 Å². The summed E-state index contributed by atoms with van der Waals surface area (Å²) < 4.78 is 6.13. The number of nitrogens with zero attached hydrogens (tertiary/aromatic N) is 1. The molecule has 4 aromatic rings. The fourth-order valence-electron chi connectivity index (χ4n) is 3.98. The normalized spacial score (nSPS) is 14.4. The molecule has 1 saturated heterocycles. The highest BCUT2D eigenvalue weighted by atomic mass is 35.5. The fraction of sp³-hybridized carbons (Fsp3) is 0.0690. The predicted molar refractivity (Wildman–Crippen MR) is 152 cm³/mol. The number of imide groups is 1. The zero-order valence-electron chi connectivity index (χ0n) is 19.8. The molecule has 0 unspecified atom stereocenters. The largest absolute Gasteiger partial charge is 0.488 e. The van der Waals surface area contributed by atoms with E-state index in [4.69, 9.17) is 27.9 Å². The highest BCUT2D eigenvalue weighted by Crippen LogP contribution is 2.37. The van der Waals surface area contributed by atoms with Crippen molar-refractivity contribution in [1.82, 2.24) is 4.90 Å². The van der Waals surface area contributed by atoms with Crippen molar-refractivity contribution in [2.24, 2.45) is 0 Å². The number of fused-ring (bicyclic) bond motifs is 1. The Kier molecular flexibility index (Phi) is 7.69. The van der Waals surface area contributed by atoms with Crippen LogP contribution in [0.15, 0.2) is 89.8 Å².